The molecule has 0 aliphatic carbocycles. The van der Waals surface area contributed by atoms with Crippen LogP contribution in [-0.2, 0) is 0 Å². The lowest BCUT2D eigenvalue weighted by molar-refractivity contribution is 1.08. The molecule has 3 rings (SSSR count). The quantitative estimate of drug-likeness (QED) is 0.644. The standard InChI is InChI=1S/C11H7N4/c1-2-4-9-8(3-1)5-6-10(14-9)11-12-7-13-15-11/h1-6H,(H,12,13,15). The molecule has 1 N–H and O–H groups in total. The molecule has 1 radical (unpaired) electrons. The molecule has 15 heavy (non-hydrogen) atoms. The first-order valence-corrected chi connectivity index (χ1v) is 4.58. The summed E-state index contributed by atoms with van der Waals surface area (Å²) in [5.41, 5.74) is 1.73. The number of hydrogen-bond donors (Lipinski definition) is 1. The van der Waals surface area contributed by atoms with E-state index in [4.69, 9.17) is 0 Å². The van der Waals surface area contributed by atoms with E-state index >= 15 is 0 Å². The number of aromatic amines is 1. The van der Waals surface area contributed by atoms with Crippen LogP contribution >= 0.6 is 0 Å². The van der Waals surface area contributed by atoms with Gasteiger partial charge in [0.1, 0.15) is 5.69 Å². The topological polar surface area (TPSA) is 54.5 Å². The van der Waals surface area contributed by atoms with Crippen molar-refractivity contribution in [3.8, 4) is 11.5 Å². The number of benzene rings is 1. The average Bonchev–Trinajstić information content (AvgIpc) is 2.82. The summed E-state index contributed by atoms with van der Waals surface area (Å²) in [6, 6.07) is 11.9. The first kappa shape index (κ1) is 8.11. The highest BCUT2D eigenvalue weighted by Crippen LogP contribution is 2.16. The normalized spacial score (nSPS) is 10.7. The monoisotopic (exact) mass is 195 g/mol. The van der Waals surface area contributed by atoms with Gasteiger partial charge in [-0.2, -0.15) is 0 Å². The van der Waals surface area contributed by atoms with Crippen molar-refractivity contribution in [1.29, 1.82) is 0 Å². The molecule has 4 heteroatoms. The van der Waals surface area contributed by atoms with Crippen molar-refractivity contribution >= 4 is 10.9 Å². The van der Waals surface area contributed by atoms with E-state index in [1.54, 1.807) is 0 Å². The Morgan fingerprint density at radius 1 is 1.07 bits per heavy atom. The number of pyridine rings is 1. The Morgan fingerprint density at radius 3 is 2.87 bits per heavy atom. The lowest BCUT2D eigenvalue weighted by atomic mass is 10.2. The molecule has 0 spiro atoms. The lowest BCUT2D eigenvalue weighted by Gasteiger charge is -1.98. The number of hydrogen-bond acceptors (Lipinski definition) is 3. The molecule has 0 atom stereocenters. The second-order valence-electron chi connectivity index (χ2n) is 3.17. The van der Waals surface area contributed by atoms with Gasteiger partial charge in [-0.15, -0.1) is 5.10 Å². The number of H-pyrrole nitrogens is 1. The molecule has 2 heterocycles. The van der Waals surface area contributed by atoms with Crippen LogP contribution in [0.3, 0.4) is 0 Å². The molecule has 1 aromatic carbocycles. The molecule has 0 unspecified atom stereocenters. The van der Waals surface area contributed by atoms with E-state index in [9.17, 15) is 0 Å². The van der Waals surface area contributed by atoms with Crippen molar-refractivity contribution < 1.29 is 0 Å². The summed E-state index contributed by atoms with van der Waals surface area (Å²) >= 11 is 0. The van der Waals surface area contributed by atoms with Crippen LogP contribution in [0.15, 0.2) is 36.4 Å². The van der Waals surface area contributed by atoms with Crippen LogP contribution in [0.5, 0.6) is 0 Å². The molecule has 2 aromatic heterocycles. The molecule has 0 amide bonds. The van der Waals surface area contributed by atoms with Crippen LogP contribution in [0.2, 0.25) is 0 Å². The minimum Gasteiger partial charge on any atom is -0.257 e. The first-order valence-electron chi connectivity index (χ1n) is 4.58. The van der Waals surface area contributed by atoms with Gasteiger partial charge in [-0.3, -0.25) is 5.10 Å². The lowest BCUT2D eigenvalue weighted by Crippen LogP contribution is -1.86. The van der Waals surface area contributed by atoms with E-state index in [1.165, 1.54) is 0 Å². The fourth-order valence-corrected chi connectivity index (χ4v) is 1.49. The number of aromatic nitrogens is 4. The minimum atomic E-state index is 0.640. The van der Waals surface area contributed by atoms with Crippen molar-refractivity contribution in [2.75, 3.05) is 0 Å². The van der Waals surface area contributed by atoms with E-state index in [2.05, 4.69) is 26.5 Å². The van der Waals surface area contributed by atoms with Crippen molar-refractivity contribution in [2.45, 2.75) is 0 Å². The van der Waals surface area contributed by atoms with E-state index in [0.717, 1.165) is 16.6 Å². The zero-order chi connectivity index (χ0) is 10.1. The Bertz CT molecular complexity index is 586. The average molecular weight is 195 g/mol. The Hall–Kier alpha value is -2.23. The van der Waals surface area contributed by atoms with Gasteiger partial charge in [0, 0.05) is 5.39 Å². The van der Waals surface area contributed by atoms with Crippen LogP contribution in [0, 0.1) is 6.33 Å². The highest BCUT2D eigenvalue weighted by Gasteiger charge is 2.02. The number of nitrogens with one attached hydrogen (secondary N) is 1. The largest absolute Gasteiger partial charge is 0.257 e. The van der Waals surface area contributed by atoms with E-state index in [0.29, 0.717) is 5.82 Å². The molecular weight excluding hydrogens is 188 g/mol. The third-order valence-electron chi connectivity index (χ3n) is 2.21. The maximum Gasteiger partial charge on any atom is 0.221 e. The molecule has 0 bridgehead atoms. The second kappa shape index (κ2) is 3.16. The summed E-state index contributed by atoms with van der Waals surface area (Å²) in [4.78, 5) is 8.40. The molecule has 0 saturated heterocycles. The van der Waals surface area contributed by atoms with Crippen molar-refractivity contribution in [3.05, 3.63) is 42.7 Å². The smallest absolute Gasteiger partial charge is 0.221 e. The van der Waals surface area contributed by atoms with Crippen LogP contribution in [0.1, 0.15) is 0 Å². The number of para-hydroxylation sites is 1. The van der Waals surface area contributed by atoms with Crippen molar-refractivity contribution in [2.24, 2.45) is 0 Å². The van der Waals surface area contributed by atoms with Gasteiger partial charge in [0.05, 0.1) is 5.52 Å². The van der Waals surface area contributed by atoms with E-state index < -0.39 is 0 Å². The summed E-state index contributed by atoms with van der Waals surface area (Å²) in [5, 5.41) is 7.53. The van der Waals surface area contributed by atoms with E-state index in [1.807, 2.05) is 36.4 Å². The van der Waals surface area contributed by atoms with Crippen molar-refractivity contribution in [3.63, 3.8) is 0 Å². The third-order valence-corrected chi connectivity index (χ3v) is 2.21. The maximum absolute atomic E-state index is 4.46. The Labute approximate surface area is 86.0 Å². The first-order chi connectivity index (χ1) is 7.43. The van der Waals surface area contributed by atoms with Gasteiger partial charge in [-0.25, -0.2) is 9.97 Å². The SMILES string of the molecule is [c]1n[nH]c(-c2ccc3ccccc3n2)n1. The molecule has 0 aliphatic rings. The zero-order valence-electron chi connectivity index (χ0n) is 7.81. The van der Waals surface area contributed by atoms with Gasteiger partial charge in [0.15, 0.2) is 5.82 Å². The molecule has 0 fully saturated rings. The fraction of sp³-hybridized carbons (Fsp3) is 0. The molecule has 0 aliphatic heterocycles. The van der Waals surface area contributed by atoms with Gasteiger partial charge in [-0.05, 0) is 12.1 Å². The summed E-state index contributed by atoms with van der Waals surface area (Å²) in [5.74, 6) is 0.640. The highest BCUT2D eigenvalue weighted by atomic mass is 15.2. The van der Waals surface area contributed by atoms with Crippen LogP contribution in [-0.4, -0.2) is 20.2 Å². The van der Waals surface area contributed by atoms with Gasteiger partial charge in [-0.1, -0.05) is 24.3 Å². The van der Waals surface area contributed by atoms with Gasteiger partial charge in [0.25, 0.3) is 0 Å². The minimum absolute atomic E-state index is 0.640. The predicted octanol–water partition coefficient (Wildman–Crippen LogP) is 1.82. The van der Waals surface area contributed by atoms with E-state index in [-0.39, 0.29) is 0 Å². The molecule has 71 valence electrons. The predicted molar refractivity (Wildman–Crippen MR) is 56.0 cm³/mol. The van der Waals surface area contributed by atoms with Gasteiger partial charge < -0.3 is 0 Å². The third kappa shape index (κ3) is 1.36. The highest BCUT2D eigenvalue weighted by molar-refractivity contribution is 5.80. The molecule has 0 saturated carbocycles. The number of fused-ring (bicyclic) bond motifs is 1. The van der Waals surface area contributed by atoms with Crippen molar-refractivity contribution in [1.82, 2.24) is 20.2 Å². The zero-order valence-corrected chi connectivity index (χ0v) is 7.81. The summed E-state index contributed by atoms with van der Waals surface area (Å²) < 4.78 is 0. The number of rotatable bonds is 1. The summed E-state index contributed by atoms with van der Waals surface area (Å²) in [6.07, 6.45) is 2.48. The van der Waals surface area contributed by atoms with Crippen LogP contribution in [0.4, 0.5) is 0 Å². The van der Waals surface area contributed by atoms with Crippen LogP contribution in [0.25, 0.3) is 22.4 Å². The summed E-state index contributed by atoms with van der Waals surface area (Å²) in [7, 11) is 0. The van der Waals surface area contributed by atoms with Gasteiger partial charge in [0.2, 0.25) is 6.33 Å². The summed E-state index contributed by atoms with van der Waals surface area (Å²) in [6.45, 7) is 0. The molecule has 4 nitrogen and oxygen atoms in total. The Balaban J connectivity index is 2.22. The Kier molecular flexibility index (Phi) is 1.71. The Morgan fingerprint density at radius 2 is 2.00 bits per heavy atom. The van der Waals surface area contributed by atoms with Crippen LogP contribution < -0.4 is 0 Å². The molecular formula is C11H7N4. The second-order valence-corrected chi connectivity index (χ2v) is 3.17. The fourth-order valence-electron chi connectivity index (χ4n) is 1.49. The van der Waals surface area contributed by atoms with Gasteiger partial charge >= 0.3 is 0 Å². The molecule has 3 aromatic rings. The number of nitrogens with zero attached hydrogens (tertiary/aromatic N) is 3. The maximum atomic E-state index is 4.46.